The third-order valence-electron chi connectivity index (χ3n) is 4.32. The molecular formula is C17H19F3N4O2. The van der Waals surface area contributed by atoms with Crippen molar-refractivity contribution in [2.45, 2.75) is 19.0 Å². The molecule has 2 N–H and O–H groups in total. The van der Waals surface area contributed by atoms with Crippen LogP contribution in [0.3, 0.4) is 0 Å². The molecule has 9 heteroatoms. The van der Waals surface area contributed by atoms with Crippen LogP contribution in [0.5, 0.6) is 5.75 Å². The maximum atomic E-state index is 13.4. The summed E-state index contributed by atoms with van der Waals surface area (Å²) in [7, 11) is 1.49. The lowest BCUT2D eigenvalue weighted by Crippen LogP contribution is -2.40. The molecule has 0 radical (unpaired) electrons. The standard InChI is InChI=1S/C17H19F3N4O2/c1-26-12-5-3-11(4-6-12)24-14-13(15(22-24)17(18,19)20)7-10-23(16(14)25)9-2-8-21/h3-6H,2,7-10,21H2,1H3. The Morgan fingerprint density at radius 1 is 1.27 bits per heavy atom. The number of carbonyl (C=O) groups is 1. The Kier molecular flexibility index (Phi) is 4.90. The third-order valence-corrected chi connectivity index (χ3v) is 4.32. The number of nitrogens with zero attached hydrogens (tertiary/aromatic N) is 3. The molecule has 0 unspecified atom stereocenters. The van der Waals surface area contributed by atoms with E-state index in [-0.39, 0.29) is 24.2 Å². The summed E-state index contributed by atoms with van der Waals surface area (Å²) in [5, 5.41) is 3.73. The quantitative estimate of drug-likeness (QED) is 0.879. The first-order chi connectivity index (χ1) is 12.4. The Morgan fingerprint density at radius 2 is 1.96 bits per heavy atom. The number of carbonyl (C=O) groups excluding carboxylic acids is 1. The maximum absolute atomic E-state index is 13.4. The summed E-state index contributed by atoms with van der Waals surface area (Å²) in [6, 6.07) is 6.35. The third kappa shape index (κ3) is 3.26. The molecule has 1 aliphatic heterocycles. The van der Waals surface area contributed by atoms with Crippen molar-refractivity contribution in [3.63, 3.8) is 0 Å². The normalized spacial score (nSPS) is 14.5. The van der Waals surface area contributed by atoms with Crippen LogP contribution in [-0.2, 0) is 12.6 Å². The van der Waals surface area contributed by atoms with Gasteiger partial charge in [-0.3, -0.25) is 4.79 Å². The molecule has 0 bridgehead atoms. The van der Waals surface area contributed by atoms with E-state index in [1.54, 1.807) is 24.3 Å². The van der Waals surface area contributed by atoms with Crippen molar-refractivity contribution < 1.29 is 22.7 Å². The Morgan fingerprint density at radius 3 is 2.54 bits per heavy atom. The number of benzene rings is 1. The van der Waals surface area contributed by atoms with Crippen molar-refractivity contribution in [2.24, 2.45) is 5.73 Å². The van der Waals surface area contributed by atoms with Gasteiger partial charge < -0.3 is 15.4 Å². The second kappa shape index (κ2) is 6.99. The topological polar surface area (TPSA) is 73.4 Å². The van der Waals surface area contributed by atoms with Crippen LogP contribution in [0.2, 0.25) is 0 Å². The van der Waals surface area contributed by atoms with Crippen LogP contribution in [0.25, 0.3) is 5.69 Å². The summed E-state index contributed by atoms with van der Waals surface area (Å²) in [6.45, 7) is 1.04. The molecule has 0 aliphatic carbocycles. The van der Waals surface area contributed by atoms with E-state index >= 15 is 0 Å². The number of nitrogens with two attached hydrogens (primary N) is 1. The van der Waals surface area contributed by atoms with Gasteiger partial charge >= 0.3 is 6.18 Å². The lowest BCUT2D eigenvalue weighted by Gasteiger charge is -2.27. The zero-order valence-corrected chi connectivity index (χ0v) is 14.2. The average molecular weight is 368 g/mol. The van der Waals surface area contributed by atoms with Gasteiger partial charge in [0.15, 0.2) is 5.69 Å². The van der Waals surface area contributed by atoms with Gasteiger partial charge in [-0.2, -0.15) is 18.3 Å². The number of hydrogen-bond donors (Lipinski definition) is 1. The van der Waals surface area contributed by atoms with Crippen LogP contribution < -0.4 is 10.5 Å². The minimum absolute atomic E-state index is 0.0363. The molecule has 0 fully saturated rings. The van der Waals surface area contributed by atoms with Gasteiger partial charge in [0.25, 0.3) is 5.91 Å². The van der Waals surface area contributed by atoms with Crippen LogP contribution in [-0.4, -0.2) is 47.3 Å². The van der Waals surface area contributed by atoms with Gasteiger partial charge in [-0.25, -0.2) is 4.68 Å². The highest BCUT2D eigenvalue weighted by molar-refractivity contribution is 5.96. The number of aromatic nitrogens is 2. The van der Waals surface area contributed by atoms with Crippen molar-refractivity contribution in [2.75, 3.05) is 26.7 Å². The Balaban J connectivity index is 2.10. The second-order valence-electron chi connectivity index (χ2n) is 5.97. The minimum Gasteiger partial charge on any atom is -0.497 e. The van der Waals surface area contributed by atoms with Crippen molar-refractivity contribution in [3.05, 3.63) is 41.2 Å². The lowest BCUT2D eigenvalue weighted by atomic mass is 10.0. The van der Waals surface area contributed by atoms with Crippen LogP contribution in [0, 0.1) is 0 Å². The summed E-state index contributed by atoms with van der Waals surface area (Å²) in [4.78, 5) is 14.3. The molecule has 2 aromatic rings. The summed E-state index contributed by atoms with van der Waals surface area (Å²) in [5.74, 6) is 0.0974. The monoisotopic (exact) mass is 368 g/mol. The molecule has 1 aliphatic rings. The van der Waals surface area contributed by atoms with E-state index in [0.717, 1.165) is 4.68 Å². The van der Waals surface area contributed by atoms with E-state index in [1.165, 1.54) is 12.0 Å². The van der Waals surface area contributed by atoms with Crippen molar-refractivity contribution in [3.8, 4) is 11.4 Å². The number of halogens is 3. The molecule has 1 aromatic carbocycles. The molecule has 1 aromatic heterocycles. The van der Waals surface area contributed by atoms with Gasteiger partial charge in [0.1, 0.15) is 11.4 Å². The Hall–Kier alpha value is -2.55. The highest BCUT2D eigenvalue weighted by Crippen LogP contribution is 2.36. The Labute approximate surface area is 148 Å². The average Bonchev–Trinajstić information content (AvgIpc) is 3.02. The SMILES string of the molecule is COc1ccc(-n2nc(C(F)(F)F)c3c2C(=O)N(CCCN)CC3)cc1. The predicted molar refractivity (Wildman–Crippen MR) is 88.4 cm³/mol. The molecule has 0 saturated carbocycles. The number of rotatable bonds is 5. The zero-order valence-electron chi connectivity index (χ0n) is 14.2. The molecule has 140 valence electrons. The smallest absolute Gasteiger partial charge is 0.435 e. The van der Waals surface area contributed by atoms with Crippen LogP contribution >= 0.6 is 0 Å². The predicted octanol–water partition coefficient (Wildman–Crippen LogP) is 2.25. The van der Waals surface area contributed by atoms with Gasteiger partial charge in [-0.1, -0.05) is 0 Å². The van der Waals surface area contributed by atoms with E-state index in [1.807, 2.05) is 0 Å². The van der Waals surface area contributed by atoms with Gasteiger partial charge in [0.2, 0.25) is 0 Å². The maximum Gasteiger partial charge on any atom is 0.435 e. The summed E-state index contributed by atoms with van der Waals surface area (Å²) < 4.78 is 46.4. The van der Waals surface area contributed by atoms with Crippen molar-refractivity contribution in [1.82, 2.24) is 14.7 Å². The molecule has 0 atom stereocenters. The lowest BCUT2D eigenvalue weighted by molar-refractivity contribution is -0.142. The highest BCUT2D eigenvalue weighted by Gasteiger charge is 2.42. The van der Waals surface area contributed by atoms with Gasteiger partial charge in [-0.05, 0) is 43.7 Å². The number of methoxy groups -OCH3 is 1. The number of ether oxygens (including phenoxy) is 1. The fourth-order valence-electron chi connectivity index (χ4n) is 3.04. The molecule has 3 rings (SSSR count). The van der Waals surface area contributed by atoms with E-state index in [2.05, 4.69) is 5.10 Å². The minimum atomic E-state index is -4.62. The number of alkyl halides is 3. The molecule has 2 heterocycles. The number of hydrogen-bond acceptors (Lipinski definition) is 4. The Bertz CT molecular complexity index is 800. The first kappa shape index (κ1) is 18.2. The van der Waals surface area contributed by atoms with E-state index in [9.17, 15) is 18.0 Å². The first-order valence-corrected chi connectivity index (χ1v) is 8.19. The molecule has 1 amide bonds. The van der Waals surface area contributed by atoms with E-state index < -0.39 is 17.8 Å². The fourth-order valence-corrected chi connectivity index (χ4v) is 3.04. The molecule has 0 saturated heterocycles. The molecular weight excluding hydrogens is 349 g/mol. The first-order valence-electron chi connectivity index (χ1n) is 8.19. The van der Waals surface area contributed by atoms with Gasteiger partial charge in [-0.15, -0.1) is 0 Å². The van der Waals surface area contributed by atoms with Crippen LogP contribution in [0.4, 0.5) is 13.2 Å². The highest BCUT2D eigenvalue weighted by atomic mass is 19.4. The van der Waals surface area contributed by atoms with Crippen LogP contribution in [0.15, 0.2) is 24.3 Å². The van der Waals surface area contributed by atoms with Gasteiger partial charge in [0, 0.05) is 18.7 Å². The molecule has 6 nitrogen and oxygen atoms in total. The van der Waals surface area contributed by atoms with E-state index in [4.69, 9.17) is 10.5 Å². The van der Waals surface area contributed by atoms with E-state index in [0.29, 0.717) is 30.9 Å². The molecule has 0 spiro atoms. The summed E-state index contributed by atoms with van der Waals surface area (Å²) in [6.07, 6.45) is -3.93. The summed E-state index contributed by atoms with van der Waals surface area (Å²) in [5.41, 5.74) is 4.75. The number of amides is 1. The number of fused-ring (bicyclic) bond motifs is 1. The zero-order chi connectivity index (χ0) is 18.9. The van der Waals surface area contributed by atoms with Gasteiger partial charge in [0.05, 0.1) is 12.8 Å². The largest absolute Gasteiger partial charge is 0.497 e. The summed E-state index contributed by atoms with van der Waals surface area (Å²) >= 11 is 0. The van der Waals surface area contributed by atoms with Crippen molar-refractivity contribution in [1.29, 1.82) is 0 Å². The van der Waals surface area contributed by atoms with Crippen LogP contribution in [0.1, 0.15) is 28.2 Å². The molecule has 26 heavy (non-hydrogen) atoms. The second-order valence-corrected chi connectivity index (χ2v) is 5.97. The fraction of sp³-hybridized carbons (Fsp3) is 0.412. The van der Waals surface area contributed by atoms with Crippen molar-refractivity contribution >= 4 is 5.91 Å².